The molecule has 0 aromatic rings. The van der Waals surface area contributed by atoms with E-state index in [2.05, 4.69) is 4.74 Å². The van der Waals surface area contributed by atoms with Gasteiger partial charge in [-0.3, -0.25) is 14.1 Å². The molecule has 0 amide bonds. The topological polar surface area (TPSA) is 127 Å². The summed E-state index contributed by atoms with van der Waals surface area (Å²) in [6.45, 7) is 0. The van der Waals surface area contributed by atoms with E-state index in [4.69, 9.17) is 9.29 Å². The number of carbonyl (C=O) groups excluding carboxylic acids is 2. The molecule has 0 radical (unpaired) electrons. The summed E-state index contributed by atoms with van der Waals surface area (Å²) < 4.78 is 104. The Morgan fingerprint density at radius 3 is 2.31 bits per heavy atom. The molecule has 2 saturated carbocycles. The van der Waals surface area contributed by atoms with Gasteiger partial charge in [0.15, 0.2) is 0 Å². The molecule has 7 atom stereocenters. The van der Waals surface area contributed by atoms with Crippen LogP contribution in [0, 0.1) is 23.7 Å². The Balaban J connectivity index is 1.89. The number of rotatable bonds is 4. The molecule has 0 aromatic carbocycles. The van der Waals surface area contributed by atoms with E-state index in [0.717, 1.165) is 0 Å². The van der Waals surface area contributed by atoms with Crippen molar-refractivity contribution < 1.29 is 59.1 Å². The molecule has 7 unspecified atom stereocenters. The van der Waals surface area contributed by atoms with Gasteiger partial charge in [0, 0.05) is 11.8 Å². The van der Waals surface area contributed by atoms with E-state index in [-0.39, 0.29) is 6.42 Å². The van der Waals surface area contributed by atoms with Crippen LogP contribution in [0.15, 0.2) is 0 Å². The molecular formula is C12H11F5O8S. The van der Waals surface area contributed by atoms with Crippen molar-refractivity contribution in [2.75, 3.05) is 0 Å². The summed E-state index contributed by atoms with van der Waals surface area (Å²) in [4.78, 5) is 23.8. The second kappa shape index (κ2) is 5.48. The second-order valence-electron chi connectivity index (χ2n) is 6.40. The fourth-order valence-electron chi connectivity index (χ4n) is 4.00. The van der Waals surface area contributed by atoms with Crippen LogP contribution in [-0.2, 0) is 29.2 Å². The lowest BCUT2D eigenvalue weighted by molar-refractivity contribution is -0.261. The van der Waals surface area contributed by atoms with Crippen molar-refractivity contribution in [2.45, 2.75) is 36.2 Å². The molecule has 14 heteroatoms. The van der Waals surface area contributed by atoms with Crippen LogP contribution in [0.1, 0.15) is 6.42 Å². The maximum Gasteiger partial charge on any atom is 0.432 e. The Labute approximate surface area is 142 Å². The first-order valence-corrected chi connectivity index (χ1v) is 8.62. The van der Waals surface area contributed by atoms with E-state index in [0.29, 0.717) is 0 Å². The van der Waals surface area contributed by atoms with Gasteiger partial charge in [-0.15, -0.1) is 0 Å². The van der Waals surface area contributed by atoms with Gasteiger partial charge in [-0.1, -0.05) is 0 Å². The van der Waals surface area contributed by atoms with Gasteiger partial charge >= 0.3 is 33.5 Å². The second-order valence-corrected chi connectivity index (χ2v) is 7.90. The number of alkyl halides is 5. The first-order valence-electron chi connectivity index (χ1n) is 7.18. The van der Waals surface area contributed by atoms with Gasteiger partial charge in [-0.2, -0.15) is 30.4 Å². The smallest absolute Gasteiger partial charge is 0.432 e. The van der Waals surface area contributed by atoms with Crippen molar-refractivity contribution >= 4 is 22.1 Å². The van der Waals surface area contributed by atoms with E-state index in [1.165, 1.54) is 0 Å². The molecule has 0 spiro atoms. The number of hydrogen-bond donors (Lipinski definition) is 2. The first-order chi connectivity index (χ1) is 11.7. The Morgan fingerprint density at radius 1 is 1.23 bits per heavy atom. The summed E-state index contributed by atoms with van der Waals surface area (Å²) in [6.07, 6.45) is -12.8. The van der Waals surface area contributed by atoms with E-state index in [9.17, 15) is 45.1 Å². The van der Waals surface area contributed by atoms with Crippen molar-refractivity contribution in [3.63, 3.8) is 0 Å². The Hall–Kier alpha value is -1.54. The maximum absolute atomic E-state index is 13.5. The lowest BCUT2D eigenvalue weighted by Crippen LogP contribution is -2.53. The zero-order valence-electron chi connectivity index (χ0n) is 12.4. The van der Waals surface area contributed by atoms with Crippen molar-refractivity contribution in [1.82, 2.24) is 0 Å². The average molecular weight is 410 g/mol. The highest BCUT2D eigenvalue weighted by Crippen LogP contribution is 2.58. The number of carbonyl (C=O) groups is 2. The standard InChI is InChI=1S/C12H11F5O8S/c13-11(14,15)10(12(16,17)26(21,22)23)25-9(20)4-2-1-3-5(4)8(19)24-7(3)6(2)18/h2-7,10,18H,1H2,(H,21,22,23). The van der Waals surface area contributed by atoms with Crippen LogP contribution in [0.2, 0.25) is 0 Å². The maximum atomic E-state index is 13.5. The minimum atomic E-state index is -6.57. The highest BCUT2D eigenvalue weighted by atomic mass is 32.2. The molecule has 1 heterocycles. The summed E-state index contributed by atoms with van der Waals surface area (Å²) >= 11 is 0. The average Bonchev–Trinajstić information content (AvgIpc) is 3.05. The summed E-state index contributed by atoms with van der Waals surface area (Å²) in [5.74, 6) is -7.60. The van der Waals surface area contributed by atoms with Crippen molar-refractivity contribution in [2.24, 2.45) is 23.7 Å². The van der Waals surface area contributed by atoms with Crippen LogP contribution >= 0.6 is 0 Å². The predicted molar refractivity (Wildman–Crippen MR) is 66.9 cm³/mol. The number of aliphatic hydroxyl groups excluding tert-OH is 1. The lowest BCUT2D eigenvalue weighted by atomic mass is 9.78. The number of ether oxygens (including phenoxy) is 2. The first kappa shape index (κ1) is 19.2. The summed E-state index contributed by atoms with van der Waals surface area (Å²) in [6, 6.07) is 0. The fraction of sp³-hybridized carbons (Fsp3) is 0.833. The van der Waals surface area contributed by atoms with E-state index >= 15 is 0 Å². The lowest BCUT2D eigenvalue weighted by Gasteiger charge is -2.31. The minimum Gasteiger partial charge on any atom is -0.459 e. The molecule has 0 aromatic heterocycles. The van der Waals surface area contributed by atoms with E-state index < -0.39 is 75.5 Å². The molecule has 26 heavy (non-hydrogen) atoms. The van der Waals surface area contributed by atoms with Crippen LogP contribution in [0.5, 0.6) is 0 Å². The number of halogens is 5. The zero-order valence-corrected chi connectivity index (χ0v) is 13.2. The minimum absolute atomic E-state index is 0.0351. The van der Waals surface area contributed by atoms with Gasteiger partial charge in [-0.05, 0) is 6.42 Å². The third-order valence-electron chi connectivity index (χ3n) is 5.03. The predicted octanol–water partition coefficient (Wildman–Crippen LogP) is 0.109. The van der Waals surface area contributed by atoms with Crippen molar-refractivity contribution in [3.8, 4) is 0 Å². The largest absolute Gasteiger partial charge is 0.459 e. The van der Waals surface area contributed by atoms with Crippen LogP contribution in [0.3, 0.4) is 0 Å². The third-order valence-corrected chi connectivity index (χ3v) is 5.93. The summed E-state index contributed by atoms with van der Waals surface area (Å²) in [5, 5.41) is 4.07. The molecular weight excluding hydrogens is 399 g/mol. The molecule has 2 bridgehead atoms. The van der Waals surface area contributed by atoms with Gasteiger partial charge in [0.25, 0.3) is 6.10 Å². The molecule has 3 rings (SSSR count). The molecule has 8 nitrogen and oxygen atoms in total. The molecule has 2 N–H and O–H groups in total. The number of aliphatic hydroxyl groups is 1. The Kier molecular flexibility index (Phi) is 4.05. The van der Waals surface area contributed by atoms with E-state index in [1.54, 1.807) is 0 Å². The van der Waals surface area contributed by atoms with Gasteiger partial charge in [0.1, 0.15) is 6.10 Å². The van der Waals surface area contributed by atoms with Gasteiger partial charge < -0.3 is 14.6 Å². The summed E-state index contributed by atoms with van der Waals surface area (Å²) in [5.41, 5.74) is 0. The number of esters is 2. The Bertz CT molecular complexity index is 749. The van der Waals surface area contributed by atoms with Crippen LogP contribution in [0.25, 0.3) is 0 Å². The SMILES string of the molecule is O=C(OC(C(F)(F)F)C(F)(F)S(=O)(=O)O)C1C2CC3C(OC(=O)C31)C2O. The van der Waals surface area contributed by atoms with Crippen LogP contribution in [-0.4, -0.2) is 59.8 Å². The molecule has 1 saturated heterocycles. The molecule has 2 aliphatic carbocycles. The number of fused-ring (bicyclic) bond motifs is 1. The fourth-order valence-corrected chi connectivity index (χ4v) is 4.45. The third kappa shape index (κ3) is 2.57. The Morgan fingerprint density at radius 2 is 1.81 bits per heavy atom. The molecule has 148 valence electrons. The number of hydrogen-bond acceptors (Lipinski definition) is 7. The quantitative estimate of drug-likeness (QED) is 0.380. The highest BCUT2D eigenvalue weighted by Gasteiger charge is 2.71. The van der Waals surface area contributed by atoms with Gasteiger partial charge in [0.2, 0.25) is 0 Å². The molecule has 3 aliphatic rings. The van der Waals surface area contributed by atoms with Crippen LogP contribution < -0.4 is 0 Å². The summed E-state index contributed by atoms with van der Waals surface area (Å²) in [7, 11) is -6.57. The van der Waals surface area contributed by atoms with Crippen molar-refractivity contribution in [3.05, 3.63) is 0 Å². The molecule has 1 aliphatic heterocycles. The molecule has 3 fully saturated rings. The zero-order chi connectivity index (χ0) is 19.8. The van der Waals surface area contributed by atoms with Crippen LogP contribution in [0.4, 0.5) is 22.0 Å². The van der Waals surface area contributed by atoms with Crippen molar-refractivity contribution in [1.29, 1.82) is 0 Å². The van der Waals surface area contributed by atoms with E-state index in [1.807, 2.05) is 0 Å². The van der Waals surface area contributed by atoms with Gasteiger partial charge in [-0.25, -0.2) is 0 Å². The highest BCUT2D eigenvalue weighted by molar-refractivity contribution is 7.86. The monoisotopic (exact) mass is 410 g/mol. The van der Waals surface area contributed by atoms with Gasteiger partial charge in [0.05, 0.1) is 17.9 Å². The normalized spacial score (nSPS) is 37.6.